The fourth-order valence-corrected chi connectivity index (χ4v) is 2.86. The number of amides is 2. The SMILES string of the molecule is CN(Cc1ccc2c(c1)OCCO2)C(=O)Nc1cccc(I)c1. The topological polar surface area (TPSA) is 50.8 Å². The number of nitrogens with zero attached hydrogens (tertiary/aromatic N) is 1. The summed E-state index contributed by atoms with van der Waals surface area (Å²) in [5.41, 5.74) is 1.78. The molecule has 23 heavy (non-hydrogen) atoms. The third-order valence-electron chi connectivity index (χ3n) is 3.45. The van der Waals surface area contributed by atoms with Crippen molar-refractivity contribution in [1.29, 1.82) is 0 Å². The summed E-state index contributed by atoms with van der Waals surface area (Å²) in [5.74, 6) is 1.49. The highest BCUT2D eigenvalue weighted by molar-refractivity contribution is 14.1. The average Bonchev–Trinajstić information content (AvgIpc) is 2.54. The van der Waals surface area contributed by atoms with E-state index in [1.165, 1.54) is 0 Å². The minimum atomic E-state index is -0.151. The second-order valence-corrected chi connectivity index (χ2v) is 6.52. The minimum absolute atomic E-state index is 0.151. The molecule has 0 bridgehead atoms. The van der Waals surface area contributed by atoms with Crippen LogP contribution in [0.25, 0.3) is 0 Å². The maximum atomic E-state index is 12.3. The smallest absolute Gasteiger partial charge is 0.321 e. The van der Waals surface area contributed by atoms with Gasteiger partial charge in [-0.15, -0.1) is 0 Å². The molecule has 6 heteroatoms. The van der Waals surface area contributed by atoms with Crippen LogP contribution in [-0.2, 0) is 6.54 Å². The number of benzene rings is 2. The van der Waals surface area contributed by atoms with Gasteiger partial charge in [-0.3, -0.25) is 0 Å². The van der Waals surface area contributed by atoms with Gasteiger partial charge in [0, 0.05) is 22.8 Å². The number of fused-ring (bicyclic) bond motifs is 1. The van der Waals surface area contributed by atoms with Crippen molar-refractivity contribution in [2.24, 2.45) is 0 Å². The zero-order chi connectivity index (χ0) is 16.2. The molecule has 2 amide bonds. The van der Waals surface area contributed by atoms with Gasteiger partial charge in [0.2, 0.25) is 0 Å². The van der Waals surface area contributed by atoms with Crippen molar-refractivity contribution in [2.75, 3.05) is 25.6 Å². The number of anilines is 1. The van der Waals surface area contributed by atoms with Crippen LogP contribution in [0.1, 0.15) is 5.56 Å². The first-order valence-corrected chi connectivity index (χ1v) is 8.36. The van der Waals surface area contributed by atoms with Crippen molar-refractivity contribution < 1.29 is 14.3 Å². The summed E-state index contributed by atoms with van der Waals surface area (Å²) in [7, 11) is 1.76. The molecule has 0 radical (unpaired) electrons. The molecule has 1 N–H and O–H groups in total. The van der Waals surface area contributed by atoms with Crippen LogP contribution in [-0.4, -0.2) is 31.2 Å². The summed E-state index contributed by atoms with van der Waals surface area (Å²) < 4.78 is 12.2. The molecule has 2 aromatic rings. The van der Waals surface area contributed by atoms with Crippen LogP contribution in [0.15, 0.2) is 42.5 Å². The molecule has 120 valence electrons. The van der Waals surface area contributed by atoms with Gasteiger partial charge in [-0.05, 0) is 58.5 Å². The monoisotopic (exact) mass is 424 g/mol. The number of nitrogens with one attached hydrogen (secondary N) is 1. The Morgan fingerprint density at radius 2 is 1.96 bits per heavy atom. The highest BCUT2D eigenvalue weighted by Gasteiger charge is 2.14. The Kier molecular flexibility index (Phi) is 4.90. The summed E-state index contributed by atoms with van der Waals surface area (Å²) in [4.78, 5) is 13.9. The fraction of sp³-hybridized carbons (Fsp3) is 0.235. The van der Waals surface area contributed by atoms with E-state index in [-0.39, 0.29) is 6.03 Å². The largest absolute Gasteiger partial charge is 0.486 e. The predicted molar refractivity (Wildman–Crippen MR) is 97.1 cm³/mol. The Morgan fingerprint density at radius 3 is 2.74 bits per heavy atom. The van der Waals surface area contributed by atoms with Crippen LogP contribution >= 0.6 is 22.6 Å². The van der Waals surface area contributed by atoms with E-state index in [4.69, 9.17) is 9.47 Å². The van der Waals surface area contributed by atoms with Gasteiger partial charge in [-0.25, -0.2) is 4.79 Å². The van der Waals surface area contributed by atoms with E-state index >= 15 is 0 Å². The molecule has 1 heterocycles. The normalized spacial score (nSPS) is 12.6. The van der Waals surface area contributed by atoms with Crippen LogP contribution in [0, 0.1) is 3.57 Å². The van der Waals surface area contributed by atoms with E-state index in [0.717, 1.165) is 26.3 Å². The summed E-state index contributed by atoms with van der Waals surface area (Å²) in [6.45, 7) is 1.62. The van der Waals surface area contributed by atoms with E-state index in [1.807, 2.05) is 42.5 Å². The van der Waals surface area contributed by atoms with Crippen LogP contribution in [0.2, 0.25) is 0 Å². The number of hydrogen-bond donors (Lipinski definition) is 1. The van der Waals surface area contributed by atoms with E-state index in [1.54, 1.807) is 11.9 Å². The van der Waals surface area contributed by atoms with Crippen molar-refractivity contribution in [3.05, 3.63) is 51.6 Å². The summed E-state index contributed by atoms with van der Waals surface area (Å²) in [6, 6.07) is 13.3. The molecule has 0 unspecified atom stereocenters. The standard InChI is InChI=1S/C17H17IN2O3/c1-20(17(21)19-14-4-2-3-13(18)10-14)11-12-5-6-15-16(9-12)23-8-7-22-15/h2-6,9-10H,7-8,11H2,1H3,(H,19,21). The molecule has 1 aliphatic rings. The van der Waals surface area contributed by atoms with Crippen molar-refractivity contribution >= 4 is 34.3 Å². The highest BCUT2D eigenvalue weighted by Crippen LogP contribution is 2.31. The lowest BCUT2D eigenvalue weighted by atomic mass is 10.2. The van der Waals surface area contributed by atoms with E-state index in [0.29, 0.717) is 19.8 Å². The Hall–Kier alpha value is -1.96. The van der Waals surface area contributed by atoms with Crippen molar-refractivity contribution in [2.45, 2.75) is 6.54 Å². The molecule has 1 aliphatic heterocycles. The van der Waals surface area contributed by atoms with Gasteiger partial charge in [0.25, 0.3) is 0 Å². The van der Waals surface area contributed by atoms with Crippen LogP contribution in [0.5, 0.6) is 11.5 Å². The zero-order valence-corrected chi connectivity index (χ0v) is 14.9. The van der Waals surface area contributed by atoms with Gasteiger partial charge >= 0.3 is 6.03 Å². The summed E-state index contributed by atoms with van der Waals surface area (Å²) in [5, 5.41) is 2.89. The zero-order valence-electron chi connectivity index (χ0n) is 12.7. The number of halogens is 1. The second kappa shape index (κ2) is 7.08. The maximum Gasteiger partial charge on any atom is 0.321 e. The molecule has 0 aromatic heterocycles. The third-order valence-corrected chi connectivity index (χ3v) is 4.12. The van der Waals surface area contributed by atoms with Crippen LogP contribution in [0.3, 0.4) is 0 Å². The first-order chi connectivity index (χ1) is 11.1. The van der Waals surface area contributed by atoms with Crippen LogP contribution in [0.4, 0.5) is 10.5 Å². The predicted octanol–water partition coefficient (Wildman–Crippen LogP) is 3.73. The van der Waals surface area contributed by atoms with Crippen molar-refractivity contribution in [1.82, 2.24) is 4.90 Å². The molecule has 5 nitrogen and oxygen atoms in total. The lowest BCUT2D eigenvalue weighted by molar-refractivity contribution is 0.171. The molecule has 2 aromatic carbocycles. The number of carbonyl (C=O) groups is 1. The molecule has 0 saturated carbocycles. The lowest BCUT2D eigenvalue weighted by Crippen LogP contribution is -2.30. The van der Waals surface area contributed by atoms with Crippen molar-refractivity contribution in [3.63, 3.8) is 0 Å². The van der Waals surface area contributed by atoms with Gasteiger partial charge in [0.15, 0.2) is 11.5 Å². The Bertz CT molecular complexity index is 721. The molecular formula is C17H17IN2O3. The van der Waals surface area contributed by atoms with Gasteiger partial charge in [0.05, 0.1) is 0 Å². The van der Waals surface area contributed by atoms with Gasteiger partial charge in [0.1, 0.15) is 13.2 Å². The minimum Gasteiger partial charge on any atom is -0.486 e. The number of carbonyl (C=O) groups excluding carboxylic acids is 1. The first kappa shape index (κ1) is 15.9. The fourth-order valence-electron chi connectivity index (χ4n) is 2.32. The highest BCUT2D eigenvalue weighted by atomic mass is 127. The number of ether oxygens (including phenoxy) is 2. The number of hydrogen-bond acceptors (Lipinski definition) is 3. The molecule has 3 rings (SSSR count). The Morgan fingerprint density at radius 1 is 1.17 bits per heavy atom. The molecule has 0 atom stereocenters. The summed E-state index contributed by atoms with van der Waals surface area (Å²) in [6.07, 6.45) is 0. The third kappa shape index (κ3) is 4.07. The molecule has 0 spiro atoms. The summed E-state index contributed by atoms with van der Waals surface area (Å²) >= 11 is 2.22. The molecule has 0 aliphatic carbocycles. The Balaban J connectivity index is 1.64. The van der Waals surface area contributed by atoms with E-state index < -0.39 is 0 Å². The van der Waals surface area contributed by atoms with E-state index in [9.17, 15) is 4.79 Å². The van der Waals surface area contributed by atoms with Crippen LogP contribution < -0.4 is 14.8 Å². The lowest BCUT2D eigenvalue weighted by Gasteiger charge is -2.21. The van der Waals surface area contributed by atoms with Gasteiger partial charge in [-0.1, -0.05) is 12.1 Å². The average molecular weight is 424 g/mol. The number of urea groups is 1. The van der Waals surface area contributed by atoms with Gasteiger partial charge in [-0.2, -0.15) is 0 Å². The Labute approximate surface area is 148 Å². The molecule has 0 saturated heterocycles. The van der Waals surface area contributed by atoms with Gasteiger partial charge < -0.3 is 19.7 Å². The second-order valence-electron chi connectivity index (χ2n) is 5.27. The van der Waals surface area contributed by atoms with Crippen molar-refractivity contribution in [3.8, 4) is 11.5 Å². The van der Waals surface area contributed by atoms with E-state index in [2.05, 4.69) is 27.9 Å². The maximum absolute atomic E-state index is 12.3. The molecule has 0 fully saturated rings. The number of rotatable bonds is 3. The molecular weight excluding hydrogens is 407 g/mol. The first-order valence-electron chi connectivity index (χ1n) is 7.28. The quantitative estimate of drug-likeness (QED) is 0.765.